The number of nitrogens with one attached hydrogen (secondary N) is 1. The molecular formula is C13H19ClN2O. The number of hydrogen-bond donors (Lipinski definition) is 1. The Hall–Kier alpha value is -0.670. The first kappa shape index (κ1) is 11.4. The number of piperidine rings is 3. The van der Waals surface area contributed by atoms with Gasteiger partial charge in [0.25, 0.3) is 0 Å². The smallest absolute Gasteiger partial charge is 0.190 e. The van der Waals surface area contributed by atoms with Crippen LogP contribution in [0.25, 0.3) is 0 Å². The molecule has 0 saturated carbocycles. The lowest BCUT2D eigenvalue weighted by molar-refractivity contribution is -0.116. The fourth-order valence-electron chi connectivity index (χ4n) is 3.79. The summed E-state index contributed by atoms with van der Waals surface area (Å²) in [5, 5.41) is 3.36. The van der Waals surface area contributed by atoms with Gasteiger partial charge in [-0.2, -0.15) is 0 Å². The molecule has 1 unspecified atom stereocenters. The van der Waals surface area contributed by atoms with Gasteiger partial charge in [0.15, 0.2) is 5.88 Å². The van der Waals surface area contributed by atoms with E-state index >= 15 is 0 Å². The van der Waals surface area contributed by atoms with E-state index in [9.17, 15) is 0 Å². The highest BCUT2D eigenvalue weighted by molar-refractivity contribution is 5.85. The van der Waals surface area contributed by atoms with Crippen LogP contribution in [0.1, 0.15) is 19.3 Å². The lowest BCUT2D eigenvalue weighted by Crippen LogP contribution is -2.59. The maximum atomic E-state index is 6.30. The van der Waals surface area contributed by atoms with E-state index in [0.717, 1.165) is 31.3 Å². The summed E-state index contributed by atoms with van der Waals surface area (Å²) in [5.74, 6) is 1.84. The van der Waals surface area contributed by atoms with Gasteiger partial charge >= 0.3 is 0 Å². The van der Waals surface area contributed by atoms with Gasteiger partial charge in [-0.05, 0) is 25.9 Å². The zero-order valence-corrected chi connectivity index (χ0v) is 10.8. The predicted molar refractivity (Wildman–Crippen MR) is 69.0 cm³/mol. The molecule has 0 aromatic carbocycles. The van der Waals surface area contributed by atoms with Crippen molar-refractivity contribution >= 4 is 12.4 Å². The van der Waals surface area contributed by atoms with Gasteiger partial charge in [-0.1, -0.05) is 12.2 Å². The fraction of sp³-hybridized carbons (Fsp3) is 0.692. The number of hydrogen-bond acceptors (Lipinski definition) is 3. The summed E-state index contributed by atoms with van der Waals surface area (Å²) in [6.07, 6.45) is 8.21. The van der Waals surface area contributed by atoms with Crippen molar-refractivity contribution < 1.29 is 4.74 Å². The van der Waals surface area contributed by atoms with E-state index in [0.29, 0.717) is 0 Å². The van der Waals surface area contributed by atoms with Crippen LogP contribution in [0.15, 0.2) is 23.6 Å². The SMILES string of the molecule is C1=CC2=C(NC1)OC1(C2)CN2CCC1CC2.Cl. The summed E-state index contributed by atoms with van der Waals surface area (Å²) in [6.45, 7) is 4.62. The third kappa shape index (κ3) is 1.59. The fourth-order valence-corrected chi connectivity index (χ4v) is 3.79. The Morgan fingerprint density at radius 2 is 2.18 bits per heavy atom. The second-order valence-electron chi connectivity index (χ2n) is 5.53. The van der Waals surface area contributed by atoms with Gasteiger partial charge in [-0.3, -0.25) is 4.90 Å². The molecule has 3 saturated heterocycles. The highest BCUT2D eigenvalue weighted by atomic mass is 35.5. The predicted octanol–water partition coefficient (Wildman–Crippen LogP) is 1.66. The number of halogens is 1. The van der Waals surface area contributed by atoms with Crippen LogP contribution >= 0.6 is 12.4 Å². The van der Waals surface area contributed by atoms with Gasteiger partial charge in [0, 0.05) is 31.0 Å². The Morgan fingerprint density at radius 3 is 2.82 bits per heavy atom. The number of fused-ring (bicyclic) bond motifs is 2. The zero-order chi connectivity index (χ0) is 10.6. The molecule has 1 N–H and O–H groups in total. The minimum absolute atomic E-state index is 0. The highest BCUT2D eigenvalue weighted by Crippen LogP contribution is 2.47. The molecule has 0 aromatic rings. The largest absolute Gasteiger partial charge is 0.470 e. The van der Waals surface area contributed by atoms with Gasteiger partial charge in [0.2, 0.25) is 0 Å². The van der Waals surface area contributed by atoms with E-state index in [1.165, 1.54) is 31.5 Å². The minimum atomic E-state index is 0. The molecule has 0 aromatic heterocycles. The average molecular weight is 255 g/mol. The monoisotopic (exact) mass is 254 g/mol. The summed E-state index contributed by atoms with van der Waals surface area (Å²) in [6, 6.07) is 0. The molecule has 17 heavy (non-hydrogen) atoms. The van der Waals surface area contributed by atoms with E-state index < -0.39 is 0 Å². The van der Waals surface area contributed by atoms with Crippen molar-refractivity contribution in [2.75, 3.05) is 26.2 Å². The molecule has 3 nitrogen and oxygen atoms in total. The topological polar surface area (TPSA) is 24.5 Å². The second-order valence-corrected chi connectivity index (χ2v) is 5.53. The summed E-state index contributed by atoms with van der Waals surface area (Å²) in [4.78, 5) is 2.57. The lowest BCUT2D eigenvalue weighted by Gasteiger charge is -2.50. The molecule has 1 spiro atoms. The Kier molecular flexibility index (Phi) is 2.64. The van der Waals surface area contributed by atoms with Crippen molar-refractivity contribution in [1.29, 1.82) is 0 Å². The molecule has 1 atom stereocenters. The molecule has 2 bridgehead atoms. The third-order valence-electron chi connectivity index (χ3n) is 4.61. The maximum absolute atomic E-state index is 6.30. The maximum Gasteiger partial charge on any atom is 0.190 e. The van der Waals surface area contributed by atoms with Crippen molar-refractivity contribution in [3.63, 3.8) is 0 Å². The summed E-state index contributed by atoms with van der Waals surface area (Å²) < 4.78 is 6.30. The first-order valence-electron chi connectivity index (χ1n) is 6.41. The normalized spacial score (nSPS) is 41.9. The summed E-state index contributed by atoms with van der Waals surface area (Å²) in [7, 11) is 0. The van der Waals surface area contributed by atoms with Crippen LogP contribution in [-0.2, 0) is 4.74 Å². The van der Waals surface area contributed by atoms with Crippen LogP contribution in [0, 0.1) is 5.92 Å². The lowest BCUT2D eigenvalue weighted by atomic mass is 9.73. The Balaban J connectivity index is 0.000000902. The Bertz CT molecular complexity index is 385. The molecular weight excluding hydrogens is 236 g/mol. The number of rotatable bonds is 0. The van der Waals surface area contributed by atoms with Gasteiger partial charge in [-0.15, -0.1) is 12.4 Å². The van der Waals surface area contributed by atoms with E-state index in [1.54, 1.807) is 0 Å². The van der Waals surface area contributed by atoms with Gasteiger partial charge in [-0.25, -0.2) is 0 Å². The Labute approximate surface area is 108 Å². The first-order valence-corrected chi connectivity index (χ1v) is 6.41. The summed E-state index contributed by atoms with van der Waals surface area (Å²) in [5.41, 5.74) is 1.50. The highest BCUT2D eigenvalue weighted by Gasteiger charge is 2.52. The number of allylic oxidation sites excluding steroid dienone is 1. The van der Waals surface area contributed by atoms with E-state index in [4.69, 9.17) is 4.74 Å². The third-order valence-corrected chi connectivity index (χ3v) is 4.61. The van der Waals surface area contributed by atoms with Crippen LogP contribution in [-0.4, -0.2) is 36.7 Å². The van der Waals surface area contributed by atoms with E-state index in [2.05, 4.69) is 22.4 Å². The second kappa shape index (κ2) is 3.92. The van der Waals surface area contributed by atoms with Crippen molar-refractivity contribution in [2.24, 2.45) is 5.92 Å². The molecule has 0 amide bonds. The van der Waals surface area contributed by atoms with Crippen LogP contribution in [0.2, 0.25) is 0 Å². The first-order chi connectivity index (χ1) is 7.86. The van der Waals surface area contributed by atoms with Gasteiger partial charge in [0.05, 0.1) is 0 Å². The zero-order valence-electron chi connectivity index (χ0n) is 9.95. The molecule has 0 aliphatic carbocycles. The molecule has 5 aliphatic rings. The number of dihydropyridines is 1. The molecule has 5 rings (SSSR count). The Morgan fingerprint density at radius 1 is 1.35 bits per heavy atom. The molecule has 3 fully saturated rings. The van der Waals surface area contributed by atoms with Crippen molar-refractivity contribution in [3.05, 3.63) is 23.6 Å². The molecule has 94 valence electrons. The van der Waals surface area contributed by atoms with E-state index in [1.807, 2.05) is 0 Å². The quantitative estimate of drug-likeness (QED) is 0.712. The van der Waals surface area contributed by atoms with Crippen LogP contribution in [0.4, 0.5) is 0 Å². The standard InChI is InChI=1S/C13H18N2O.ClH/c1-2-10-8-13(16-12(10)14-5-1)9-15-6-3-11(13)4-7-15;/h1-2,11,14H,3-9H2;1H. The number of ether oxygens (including phenoxy) is 1. The average Bonchev–Trinajstić information content (AvgIpc) is 2.68. The molecule has 5 aliphatic heterocycles. The molecule has 5 heterocycles. The van der Waals surface area contributed by atoms with Crippen molar-refractivity contribution in [1.82, 2.24) is 10.2 Å². The van der Waals surface area contributed by atoms with Crippen LogP contribution < -0.4 is 5.32 Å². The van der Waals surface area contributed by atoms with Crippen LogP contribution in [0.3, 0.4) is 0 Å². The van der Waals surface area contributed by atoms with Crippen molar-refractivity contribution in [2.45, 2.75) is 24.9 Å². The van der Waals surface area contributed by atoms with Crippen molar-refractivity contribution in [3.8, 4) is 0 Å². The molecule has 0 radical (unpaired) electrons. The minimum Gasteiger partial charge on any atom is -0.470 e. The van der Waals surface area contributed by atoms with E-state index in [-0.39, 0.29) is 18.0 Å². The molecule has 4 heteroatoms. The van der Waals surface area contributed by atoms with Gasteiger partial charge in [0.1, 0.15) is 5.60 Å². The van der Waals surface area contributed by atoms with Crippen LogP contribution in [0.5, 0.6) is 0 Å². The number of nitrogens with zero attached hydrogens (tertiary/aromatic N) is 1. The summed E-state index contributed by atoms with van der Waals surface area (Å²) >= 11 is 0. The van der Waals surface area contributed by atoms with Gasteiger partial charge < -0.3 is 10.1 Å².